The minimum atomic E-state index is -0.132. The van der Waals surface area contributed by atoms with Crippen molar-refractivity contribution in [1.29, 1.82) is 0 Å². The summed E-state index contributed by atoms with van der Waals surface area (Å²) in [6.07, 6.45) is 0. The highest BCUT2D eigenvalue weighted by atomic mass is 32.1. The van der Waals surface area contributed by atoms with Gasteiger partial charge in [0.1, 0.15) is 0 Å². The van der Waals surface area contributed by atoms with Gasteiger partial charge in [-0.1, -0.05) is 6.07 Å². The van der Waals surface area contributed by atoms with Crippen LogP contribution in [0.5, 0.6) is 0 Å². The monoisotopic (exact) mass is 253 g/mol. The van der Waals surface area contributed by atoms with Crippen LogP contribution in [0.3, 0.4) is 0 Å². The maximum atomic E-state index is 6.10. The maximum absolute atomic E-state index is 6.10. The van der Waals surface area contributed by atoms with Crippen molar-refractivity contribution >= 4 is 17.3 Å². The van der Waals surface area contributed by atoms with Crippen molar-refractivity contribution in [3.05, 3.63) is 22.4 Å². The SMILES string of the molecule is CC(C)N(Cc1cccs1)C(N)=NC(C)(C)C. The minimum Gasteiger partial charge on any atom is -0.370 e. The van der Waals surface area contributed by atoms with Gasteiger partial charge in [0.25, 0.3) is 0 Å². The van der Waals surface area contributed by atoms with Crippen LogP contribution in [-0.4, -0.2) is 22.4 Å². The number of rotatable bonds is 3. The molecule has 4 heteroatoms. The smallest absolute Gasteiger partial charge is 0.192 e. The van der Waals surface area contributed by atoms with Gasteiger partial charge in [0.05, 0.1) is 12.1 Å². The molecule has 1 heterocycles. The highest BCUT2D eigenvalue weighted by Crippen LogP contribution is 2.15. The zero-order valence-electron chi connectivity index (χ0n) is 11.4. The third-order valence-electron chi connectivity index (χ3n) is 2.27. The summed E-state index contributed by atoms with van der Waals surface area (Å²) in [7, 11) is 0. The van der Waals surface area contributed by atoms with E-state index in [1.54, 1.807) is 11.3 Å². The first-order chi connectivity index (χ1) is 7.79. The quantitative estimate of drug-likeness (QED) is 0.664. The van der Waals surface area contributed by atoms with Gasteiger partial charge in [-0.15, -0.1) is 11.3 Å². The Bertz CT molecular complexity index is 361. The van der Waals surface area contributed by atoms with Gasteiger partial charge in [-0.3, -0.25) is 0 Å². The Morgan fingerprint density at radius 1 is 1.47 bits per heavy atom. The molecule has 0 atom stereocenters. The molecule has 0 unspecified atom stereocenters. The van der Waals surface area contributed by atoms with Gasteiger partial charge in [-0.05, 0) is 46.1 Å². The van der Waals surface area contributed by atoms with E-state index in [-0.39, 0.29) is 5.54 Å². The molecule has 0 fully saturated rings. The summed E-state index contributed by atoms with van der Waals surface area (Å²) in [4.78, 5) is 7.98. The van der Waals surface area contributed by atoms with Crippen LogP contribution in [0.2, 0.25) is 0 Å². The second-order valence-electron chi connectivity index (χ2n) is 5.44. The van der Waals surface area contributed by atoms with Gasteiger partial charge in [0.2, 0.25) is 0 Å². The van der Waals surface area contributed by atoms with Crippen LogP contribution in [-0.2, 0) is 6.54 Å². The van der Waals surface area contributed by atoms with E-state index in [1.165, 1.54) is 4.88 Å². The molecular weight excluding hydrogens is 230 g/mol. The lowest BCUT2D eigenvalue weighted by molar-refractivity contribution is 0.336. The third-order valence-corrected chi connectivity index (χ3v) is 3.14. The molecule has 0 radical (unpaired) electrons. The van der Waals surface area contributed by atoms with Crippen molar-refractivity contribution in [1.82, 2.24) is 4.90 Å². The fourth-order valence-electron chi connectivity index (χ4n) is 1.51. The van der Waals surface area contributed by atoms with Crippen LogP contribution in [0.15, 0.2) is 22.5 Å². The molecule has 0 saturated carbocycles. The number of hydrogen-bond donors (Lipinski definition) is 1. The molecule has 2 N–H and O–H groups in total. The summed E-state index contributed by atoms with van der Waals surface area (Å²) in [6.45, 7) is 11.3. The van der Waals surface area contributed by atoms with Crippen LogP contribution in [0.1, 0.15) is 39.5 Å². The fourth-order valence-corrected chi connectivity index (χ4v) is 2.21. The van der Waals surface area contributed by atoms with Crippen molar-refractivity contribution in [3.63, 3.8) is 0 Å². The predicted octanol–water partition coefficient (Wildman–Crippen LogP) is 3.07. The molecule has 96 valence electrons. The number of thiophene rings is 1. The highest BCUT2D eigenvalue weighted by molar-refractivity contribution is 7.09. The molecule has 1 rings (SSSR count). The average Bonchev–Trinajstić information content (AvgIpc) is 2.62. The predicted molar refractivity (Wildman–Crippen MR) is 76.4 cm³/mol. The van der Waals surface area contributed by atoms with E-state index in [4.69, 9.17) is 5.73 Å². The molecule has 3 nitrogen and oxygen atoms in total. The molecule has 0 amide bonds. The van der Waals surface area contributed by atoms with Gasteiger partial charge < -0.3 is 10.6 Å². The Hall–Kier alpha value is -1.03. The largest absolute Gasteiger partial charge is 0.370 e. The molecule has 0 aliphatic rings. The van der Waals surface area contributed by atoms with Gasteiger partial charge in [0.15, 0.2) is 5.96 Å². The van der Waals surface area contributed by atoms with Crippen LogP contribution in [0, 0.1) is 0 Å². The molecule has 1 aromatic rings. The van der Waals surface area contributed by atoms with Crippen molar-refractivity contribution in [2.75, 3.05) is 0 Å². The number of nitrogens with two attached hydrogens (primary N) is 1. The number of guanidine groups is 1. The summed E-state index contributed by atoms with van der Waals surface area (Å²) in [5.41, 5.74) is 5.97. The first kappa shape index (κ1) is 14.0. The Labute approximate surface area is 108 Å². The Kier molecular flexibility index (Phi) is 4.57. The Balaban J connectivity index is 2.83. The fraction of sp³-hybridized carbons (Fsp3) is 0.615. The number of aliphatic imine (C=N–C) groups is 1. The standard InChI is InChI=1S/C13H23N3S/c1-10(2)16(9-11-7-6-8-17-11)12(14)15-13(3,4)5/h6-8,10H,9H2,1-5H3,(H2,14,15). The molecule has 17 heavy (non-hydrogen) atoms. The minimum absolute atomic E-state index is 0.132. The van der Waals surface area contributed by atoms with E-state index in [0.717, 1.165) is 6.54 Å². The van der Waals surface area contributed by atoms with E-state index in [1.807, 2.05) is 0 Å². The summed E-state index contributed by atoms with van der Waals surface area (Å²) < 4.78 is 0. The number of hydrogen-bond acceptors (Lipinski definition) is 2. The molecule has 0 aliphatic heterocycles. The molecular formula is C13H23N3S. The summed E-state index contributed by atoms with van der Waals surface area (Å²) in [5, 5.41) is 2.09. The first-order valence-corrected chi connectivity index (χ1v) is 6.82. The Morgan fingerprint density at radius 3 is 2.53 bits per heavy atom. The van der Waals surface area contributed by atoms with Crippen LogP contribution >= 0.6 is 11.3 Å². The summed E-state index contributed by atoms with van der Waals surface area (Å²) >= 11 is 1.75. The van der Waals surface area contributed by atoms with E-state index < -0.39 is 0 Å². The normalized spacial score (nSPS) is 13.2. The zero-order valence-corrected chi connectivity index (χ0v) is 12.2. The van der Waals surface area contributed by atoms with Crippen molar-refractivity contribution < 1.29 is 0 Å². The second kappa shape index (κ2) is 5.54. The second-order valence-corrected chi connectivity index (χ2v) is 6.47. The van der Waals surface area contributed by atoms with E-state index in [9.17, 15) is 0 Å². The number of nitrogens with zero attached hydrogens (tertiary/aromatic N) is 2. The average molecular weight is 253 g/mol. The van der Waals surface area contributed by atoms with Gasteiger partial charge in [-0.2, -0.15) is 0 Å². The van der Waals surface area contributed by atoms with Crippen LogP contribution in [0.4, 0.5) is 0 Å². The lowest BCUT2D eigenvalue weighted by Crippen LogP contribution is -2.42. The molecule has 0 aliphatic carbocycles. The van der Waals surface area contributed by atoms with E-state index in [2.05, 4.69) is 62.0 Å². The molecule has 1 aromatic heterocycles. The van der Waals surface area contributed by atoms with Crippen LogP contribution < -0.4 is 5.73 Å². The van der Waals surface area contributed by atoms with Crippen LogP contribution in [0.25, 0.3) is 0 Å². The molecule has 0 aromatic carbocycles. The van der Waals surface area contributed by atoms with E-state index in [0.29, 0.717) is 12.0 Å². The lowest BCUT2D eigenvalue weighted by Gasteiger charge is -2.29. The zero-order chi connectivity index (χ0) is 13.1. The molecule has 0 spiro atoms. The summed E-state index contributed by atoms with van der Waals surface area (Å²) in [6, 6.07) is 4.54. The topological polar surface area (TPSA) is 41.6 Å². The molecule has 0 saturated heterocycles. The van der Waals surface area contributed by atoms with Gasteiger partial charge >= 0.3 is 0 Å². The highest BCUT2D eigenvalue weighted by Gasteiger charge is 2.16. The lowest BCUT2D eigenvalue weighted by atomic mass is 10.1. The Morgan fingerprint density at radius 2 is 2.12 bits per heavy atom. The van der Waals surface area contributed by atoms with Gasteiger partial charge in [0, 0.05) is 10.9 Å². The summed E-state index contributed by atoms with van der Waals surface area (Å²) in [5.74, 6) is 0.626. The van der Waals surface area contributed by atoms with E-state index >= 15 is 0 Å². The third kappa shape index (κ3) is 4.77. The van der Waals surface area contributed by atoms with Gasteiger partial charge in [-0.25, -0.2) is 4.99 Å². The maximum Gasteiger partial charge on any atom is 0.192 e. The van der Waals surface area contributed by atoms with Crippen molar-refractivity contribution in [2.24, 2.45) is 10.7 Å². The first-order valence-electron chi connectivity index (χ1n) is 5.94. The molecule has 0 bridgehead atoms. The van der Waals surface area contributed by atoms with Crippen molar-refractivity contribution in [2.45, 2.75) is 52.7 Å². The van der Waals surface area contributed by atoms with Crippen molar-refractivity contribution in [3.8, 4) is 0 Å².